The number of sulfonamides is 1. The standard InChI is InChI=1S/C23H35N5O2S/c1-5-28(6-2)22(21-10-8-7-9-11-21)17-27-23(24-3)26-16-19-12-14-20(15-13-19)18-31(29,30)25-4/h7-15,22,25H,5-6,16-18H2,1-4H3,(H2,24,26,27). The van der Waals surface area contributed by atoms with Crippen molar-refractivity contribution >= 4 is 16.0 Å². The maximum absolute atomic E-state index is 11.7. The molecule has 7 nitrogen and oxygen atoms in total. The molecule has 3 N–H and O–H groups in total. The van der Waals surface area contributed by atoms with Crippen LogP contribution in [0.25, 0.3) is 0 Å². The third kappa shape index (κ3) is 7.97. The van der Waals surface area contributed by atoms with E-state index >= 15 is 0 Å². The quantitative estimate of drug-likeness (QED) is 0.365. The summed E-state index contributed by atoms with van der Waals surface area (Å²) in [7, 11) is -0.0786. The van der Waals surface area contributed by atoms with Crippen molar-refractivity contribution in [2.24, 2.45) is 4.99 Å². The molecule has 0 aliphatic rings. The SMILES string of the molecule is CCN(CC)C(CNC(=NC)NCc1ccc(CS(=O)(=O)NC)cc1)c1ccccc1. The first kappa shape index (κ1) is 24.8. The molecule has 0 heterocycles. The molecule has 2 rings (SSSR count). The van der Waals surface area contributed by atoms with Gasteiger partial charge < -0.3 is 10.6 Å². The van der Waals surface area contributed by atoms with Gasteiger partial charge in [-0.25, -0.2) is 13.1 Å². The molecule has 0 fully saturated rings. The normalized spacial score (nSPS) is 13.3. The molecule has 0 aliphatic heterocycles. The lowest BCUT2D eigenvalue weighted by Crippen LogP contribution is -2.43. The summed E-state index contributed by atoms with van der Waals surface area (Å²) < 4.78 is 25.7. The number of nitrogens with one attached hydrogen (secondary N) is 3. The average Bonchev–Trinajstić information content (AvgIpc) is 2.80. The molecule has 0 amide bonds. The Balaban J connectivity index is 1.95. The van der Waals surface area contributed by atoms with Crippen molar-refractivity contribution in [1.82, 2.24) is 20.3 Å². The fourth-order valence-corrected chi connectivity index (χ4v) is 4.22. The van der Waals surface area contributed by atoms with Gasteiger partial charge in [0.05, 0.1) is 11.8 Å². The fourth-order valence-electron chi connectivity index (χ4n) is 3.44. The van der Waals surface area contributed by atoms with Crippen molar-refractivity contribution in [2.45, 2.75) is 32.2 Å². The summed E-state index contributed by atoms with van der Waals surface area (Å²) in [5.74, 6) is 0.710. The fraction of sp³-hybridized carbons (Fsp3) is 0.435. The van der Waals surface area contributed by atoms with Crippen LogP contribution in [0.5, 0.6) is 0 Å². The smallest absolute Gasteiger partial charge is 0.215 e. The molecule has 2 aromatic rings. The van der Waals surface area contributed by atoms with E-state index in [-0.39, 0.29) is 11.8 Å². The van der Waals surface area contributed by atoms with E-state index in [1.165, 1.54) is 12.6 Å². The van der Waals surface area contributed by atoms with Crippen molar-refractivity contribution < 1.29 is 8.42 Å². The van der Waals surface area contributed by atoms with Crippen LogP contribution in [0.3, 0.4) is 0 Å². The van der Waals surface area contributed by atoms with Crippen LogP contribution in [0, 0.1) is 0 Å². The molecule has 0 saturated heterocycles. The van der Waals surface area contributed by atoms with Gasteiger partial charge in [0, 0.05) is 20.1 Å². The molecular formula is C23H35N5O2S. The Morgan fingerprint density at radius 2 is 1.58 bits per heavy atom. The summed E-state index contributed by atoms with van der Waals surface area (Å²) in [6.07, 6.45) is 0. The molecule has 1 unspecified atom stereocenters. The second-order valence-electron chi connectivity index (χ2n) is 7.23. The molecule has 1 atom stereocenters. The van der Waals surface area contributed by atoms with Gasteiger partial charge >= 0.3 is 0 Å². The summed E-state index contributed by atoms with van der Waals surface area (Å²) >= 11 is 0. The molecule has 2 aromatic carbocycles. The van der Waals surface area contributed by atoms with E-state index in [4.69, 9.17) is 0 Å². The van der Waals surface area contributed by atoms with Crippen molar-refractivity contribution in [3.63, 3.8) is 0 Å². The zero-order chi connectivity index (χ0) is 22.7. The molecule has 8 heteroatoms. The third-order valence-electron chi connectivity index (χ3n) is 5.27. The molecule has 0 bridgehead atoms. The number of hydrogen-bond acceptors (Lipinski definition) is 4. The van der Waals surface area contributed by atoms with Crippen LogP contribution >= 0.6 is 0 Å². The minimum absolute atomic E-state index is 0.0212. The Labute approximate surface area is 187 Å². The topological polar surface area (TPSA) is 85.8 Å². The lowest BCUT2D eigenvalue weighted by atomic mass is 10.1. The van der Waals surface area contributed by atoms with Crippen LogP contribution in [0.15, 0.2) is 59.6 Å². The van der Waals surface area contributed by atoms with E-state index in [1.54, 1.807) is 7.05 Å². The van der Waals surface area contributed by atoms with Gasteiger partial charge in [0.25, 0.3) is 0 Å². The Morgan fingerprint density at radius 1 is 0.968 bits per heavy atom. The first-order chi connectivity index (χ1) is 14.9. The van der Waals surface area contributed by atoms with Crippen molar-refractivity contribution in [1.29, 1.82) is 0 Å². The molecule has 0 aromatic heterocycles. The van der Waals surface area contributed by atoms with Gasteiger partial charge in [-0.15, -0.1) is 0 Å². The Bertz CT molecular complexity index is 911. The molecule has 0 radical (unpaired) electrons. The second kappa shape index (κ2) is 12.4. The van der Waals surface area contributed by atoms with Gasteiger partial charge in [-0.05, 0) is 36.8 Å². The van der Waals surface area contributed by atoms with Gasteiger partial charge in [0.1, 0.15) is 0 Å². The molecule has 0 saturated carbocycles. The number of benzene rings is 2. The molecule has 31 heavy (non-hydrogen) atoms. The second-order valence-corrected chi connectivity index (χ2v) is 9.16. The van der Waals surface area contributed by atoms with Crippen LogP contribution in [-0.2, 0) is 22.3 Å². The van der Waals surface area contributed by atoms with Crippen LogP contribution < -0.4 is 15.4 Å². The number of guanidine groups is 1. The Kier molecular flexibility index (Phi) is 9.97. The van der Waals surface area contributed by atoms with Crippen molar-refractivity contribution in [2.75, 3.05) is 33.7 Å². The van der Waals surface area contributed by atoms with Crippen LogP contribution in [0.2, 0.25) is 0 Å². The van der Waals surface area contributed by atoms with Gasteiger partial charge in [-0.2, -0.15) is 0 Å². The van der Waals surface area contributed by atoms with Gasteiger partial charge in [-0.3, -0.25) is 9.89 Å². The highest BCUT2D eigenvalue weighted by Crippen LogP contribution is 2.19. The van der Waals surface area contributed by atoms with Crippen molar-refractivity contribution in [3.8, 4) is 0 Å². The first-order valence-electron chi connectivity index (χ1n) is 10.6. The number of hydrogen-bond donors (Lipinski definition) is 3. The lowest BCUT2D eigenvalue weighted by Gasteiger charge is -2.30. The summed E-state index contributed by atoms with van der Waals surface area (Å²) in [4.78, 5) is 6.77. The average molecular weight is 446 g/mol. The molecule has 0 spiro atoms. The van der Waals surface area contributed by atoms with E-state index < -0.39 is 10.0 Å². The van der Waals surface area contributed by atoms with Gasteiger partial charge in [0.15, 0.2) is 5.96 Å². The predicted molar refractivity (Wildman–Crippen MR) is 128 cm³/mol. The number of aliphatic imine (C=N–C) groups is 1. The van der Waals surface area contributed by atoms with E-state index in [2.05, 4.69) is 63.4 Å². The maximum Gasteiger partial charge on any atom is 0.215 e. The summed E-state index contributed by atoms with van der Waals surface area (Å²) in [6, 6.07) is 18.3. The number of rotatable bonds is 11. The zero-order valence-electron chi connectivity index (χ0n) is 18.9. The predicted octanol–water partition coefficient (Wildman–Crippen LogP) is 2.48. The van der Waals surface area contributed by atoms with Gasteiger partial charge in [0.2, 0.25) is 10.0 Å². The van der Waals surface area contributed by atoms with Crippen LogP contribution in [-0.4, -0.2) is 53.0 Å². The summed E-state index contributed by atoms with van der Waals surface area (Å²) in [5, 5.41) is 6.78. The minimum atomic E-state index is -3.26. The van der Waals surface area contributed by atoms with E-state index in [9.17, 15) is 8.42 Å². The maximum atomic E-state index is 11.7. The third-order valence-corrected chi connectivity index (χ3v) is 6.61. The highest BCUT2D eigenvalue weighted by atomic mass is 32.2. The zero-order valence-corrected chi connectivity index (χ0v) is 19.7. The van der Waals surface area contributed by atoms with E-state index in [0.29, 0.717) is 6.54 Å². The van der Waals surface area contributed by atoms with E-state index in [0.717, 1.165) is 36.7 Å². The minimum Gasteiger partial charge on any atom is -0.354 e. The lowest BCUT2D eigenvalue weighted by molar-refractivity contribution is 0.219. The Hall–Kier alpha value is -2.42. The van der Waals surface area contributed by atoms with Crippen LogP contribution in [0.1, 0.15) is 36.6 Å². The Morgan fingerprint density at radius 3 is 2.13 bits per heavy atom. The summed E-state index contributed by atoms with van der Waals surface area (Å²) in [6.45, 7) is 7.64. The number of nitrogens with zero attached hydrogens (tertiary/aromatic N) is 2. The largest absolute Gasteiger partial charge is 0.354 e. The molecule has 0 aliphatic carbocycles. The highest BCUT2D eigenvalue weighted by molar-refractivity contribution is 7.88. The molecular weight excluding hydrogens is 410 g/mol. The number of likely N-dealkylation sites (N-methyl/N-ethyl adjacent to an activating group) is 1. The molecule has 170 valence electrons. The summed E-state index contributed by atoms with van der Waals surface area (Å²) in [5.41, 5.74) is 3.09. The van der Waals surface area contributed by atoms with Crippen molar-refractivity contribution in [3.05, 3.63) is 71.3 Å². The first-order valence-corrected chi connectivity index (χ1v) is 12.3. The van der Waals surface area contributed by atoms with Crippen LogP contribution in [0.4, 0.5) is 0 Å². The van der Waals surface area contributed by atoms with Gasteiger partial charge in [-0.1, -0.05) is 68.4 Å². The van der Waals surface area contributed by atoms with E-state index in [1.807, 2.05) is 30.3 Å². The monoisotopic (exact) mass is 445 g/mol. The highest BCUT2D eigenvalue weighted by Gasteiger charge is 2.18.